The quantitative estimate of drug-likeness (QED) is 0.790. The second-order valence-corrected chi connectivity index (χ2v) is 4.80. The number of carbonyl (C=O) groups excluding carboxylic acids is 1. The molecule has 4 heteroatoms. The molecule has 0 bridgehead atoms. The van der Waals surface area contributed by atoms with Crippen molar-refractivity contribution in [1.82, 2.24) is 0 Å². The Bertz CT molecular complexity index is 522. The molecule has 0 spiro atoms. The number of hydrogen-bond donors (Lipinski definition) is 0. The number of hydrogen-bond acceptors (Lipinski definition) is 3. The topological polar surface area (TPSA) is 35.5 Å². The summed E-state index contributed by atoms with van der Waals surface area (Å²) in [4.78, 5) is 11.7. The van der Waals surface area contributed by atoms with Crippen LogP contribution < -0.4 is 4.74 Å². The van der Waals surface area contributed by atoms with Crippen molar-refractivity contribution in [2.45, 2.75) is 26.2 Å². The number of benzene rings is 1. The molecule has 1 aromatic rings. The van der Waals surface area contributed by atoms with Gasteiger partial charge in [0.25, 0.3) is 0 Å². The van der Waals surface area contributed by atoms with Gasteiger partial charge in [-0.2, -0.15) is 0 Å². The van der Waals surface area contributed by atoms with Crippen molar-refractivity contribution in [2.75, 3.05) is 13.7 Å². The van der Waals surface area contributed by atoms with Gasteiger partial charge in [-0.05, 0) is 50.0 Å². The van der Waals surface area contributed by atoms with Crippen LogP contribution in [0.1, 0.15) is 31.7 Å². The van der Waals surface area contributed by atoms with Gasteiger partial charge in [-0.3, -0.25) is 4.79 Å². The minimum atomic E-state index is -0.283. The number of rotatable bonds is 4. The van der Waals surface area contributed by atoms with Crippen molar-refractivity contribution in [3.05, 3.63) is 35.7 Å². The van der Waals surface area contributed by atoms with Gasteiger partial charge in [0.1, 0.15) is 11.6 Å². The fraction of sp³-hybridized carbons (Fsp3) is 0.438. The van der Waals surface area contributed by atoms with Gasteiger partial charge < -0.3 is 9.47 Å². The molecule has 108 valence electrons. The molecule has 0 amide bonds. The van der Waals surface area contributed by atoms with Crippen LogP contribution in [0.15, 0.2) is 24.3 Å². The zero-order valence-corrected chi connectivity index (χ0v) is 11.8. The van der Waals surface area contributed by atoms with Gasteiger partial charge in [0, 0.05) is 5.56 Å². The Morgan fingerprint density at radius 2 is 2.25 bits per heavy atom. The fourth-order valence-electron chi connectivity index (χ4n) is 2.48. The summed E-state index contributed by atoms with van der Waals surface area (Å²) >= 11 is 0. The van der Waals surface area contributed by atoms with E-state index in [1.54, 1.807) is 20.1 Å². The van der Waals surface area contributed by atoms with Gasteiger partial charge in [0.15, 0.2) is 0 Å². The zero-order valence-electron chi connectivity index (χ0n) is 11.8. The Balaban J connectivity index is 2.16. The van der Waals surface area contributed by atoms with E-state index in [-0.39, 0.29) is 17.7 Å². The molecule has 20 heavy (non-hydrogen) atoms. The minimum absolute atomic E-state index is 0.0849. The predicted molar refractivity (Wildman–Crippen MR) is 74.9 cm³/mol. The highest BCUT2D eigenvalue weighted by Crippen LogP contribution is 2.35. The molecule has 0 saturated heterocycles. The summed E-state index contributed by atoms with van der Waals surface area (Å²) in [5.74, 6) is 0.147. The van der Waals surface area contributed by atoms with Crippen LogP contribution >= 0.6 is 0 Å². The molecule has 3 nitrogen and oxygen atoms in total. The van der Waals surface area contributed by atoms with Crippen LogP contribution in [0.4, 0.5) is 4.39 Å². The lowest BCUT2D eigenvalue weighted by atomic mass is 9.86. The van der Waals surface area contributed by atoms with Gasteiger partial charge in [0.2, 0.25) is 0 Å². The summed E-state index contributed by atoms with van der Waals surface area (Å²) in [6.07, 6.45) is 4.07. The molecule has 1 aromatic carbocycles. The largest absolute Gasteiger partial charge is 0.496 e. The molecule has 0 unspecified atom stereocenters. The van der Waals surface area contributed by atoms with Crippen LogP contribution in [-0.2, 0) is 9.53 Å². The lowest BCUT2D eigenvalue weighted by Gasteiger charge is -2.21. The summed E-state index contributed by atoms with van der Waals surface area (Å²) in [7, 11) is 1.57. The summed E-state index contributed by atoms with van der Waals surface area (Å²) < 4.78 is 23.7. The van der Waals surface area contributed by atoms with Crippen molar-refractivity contribution in [3.63, 3.8) is 0 Å². The Kier molecular flexibility index (Phi) is 4.77. The highest BCUT2D eigenvalue weighted by Gasteiger charge is 2.24. The maximum atomic E-state index is 13.4. The van der Waals surface area contributed by atoms with Gasteiger partial charge in [0.05, 0.1) is 19.6 Å². The second kappa shape index (κ2) is 6.55. The van der Waals surface area contributed by atoms with E-state index in [2.05, 4.69) is 0 Å². The van der Waals surface area contributed by atoms with Crippen LogP contribution in [0, 0.1) is 11.7 Å². The molecule has 1 atom stereocenters. The van der Waals surface area contributed by atoms with E-state index in [4.69, 9.17) is 9.47 Å². The second-order valence-electron chi connectivity index (χ2n) is 4.80. The highest BCUT2D eigenvalue weighted by atomic mass is 19.1. The van der Waals surface area contributed by atoms with Crippen molar-refractivity contribution >= 4 is 11.5 Å². The molecule has 1 aliphatic rings. The first-order valence-electron chi connectivity index (χ1n) is 6.85. The average Bonchev–Trinajstić information content (AvgIpc) is 2.47. The third-order valence-electron chi connectivity index (χ3n) is 3.54. The van der Waals surface area contributed by atoms with Crippen molar-refractivity contribution in [2.24, 2.45) is 5.92 Å². The van der Waals surface area contributed by atoms with E-state index in [0.717, 1.165) is 24.0 Å². The molecule has 1 aliphatic carbocycles. The smallest absolute Gasteiger partial charge is 0.309 e. The number of esters is 1. The summed E-state index contributed by atoms with van der Waals surface area (Å²) in [5, 5.41) is 0. The standard InChI is InChI=1S/C16H19FO3/c1-3-20-16(18)12-6-4-11(5-7-12)14-10-13(17)8-9-15(14)19-2/h4,8-10,12H,3,5-7H2,1-2H3/t12-/m1/s1. The first-order valence-corrected chi connectivity index (χ1v) is 6.85. The van der Waals surface area contributed by atoms with Crippen LogP contribution in [0.2, 0.25) is 0 Å². The molecule has 0 aromatic heterocycles. The molecule has 0 fully saturated rings. The molecule has 0 aliphatic heterocycles. The monoisotopic (exact) mass is 278 g/mol. The van der Waals surface area contributed by atoms with Crippen molar-refractivity contribution in [1.29, 1.82) is 0 Å². The van der Waals surface area contributed by atoms with E-state index in [1.165, 1.54) is 12.1 Å². The summed E-state index contributed by atoms with van der Waals surface area (Å²) in [6, 6.07) is 4.49. The summed E-state index contributed by atoms with van der Waals surface area (Å²) in [6.45, 7) is 2.21. The predicted octanol–water partition coefficient (Wildman–Crippen LogP) is 3.58. The number of methoxy groups -OCH3 is 1. The SMILES string of the molecule is CCOC(=O)[C@@H]1CC=C(c2cc(F)ccc2OC)CC1. The van der Waals surface area contributed by atoms with Crippen LogP contribution in [0.5, 0.6) is 5.75 Å². The number of carbonyl (C=O) groups is 1. The van der Waals surface area contributed by atoms with E-state index in [9.17, 15) is 9.18 Å². The maximum Gasteiger partial charge on any atom is 0.309 e. The first-order chi connectivity index (χ1) is 9.65. The Hall–Kier alpha value is -1.84. The molecule has 0 radical (unpaired) electrons. The number of halogens is 1. The Labute approximate surface area is 118 Å². The highest BCUT2D eigenvalue weighted by molar-refractivity contribution is 5.77. The molecular weight excluding hydrogens is 259 g/mol. The molecule has 0 N–H and O–H groups in total. The van der Waals surface area contributed by atoms with Crippen molar-refractivity contribution < 1.29 is 18.7 Å². The normalized spacial score (nSPS) is 18.4. The number of allylic oxidation sites excluding steroid dienone is 2. The van der Waals surface area contributed by atoms with Gasteiger partial charge in [-0.1, -0.05) is 6.08 Å². The van der Waals surface area contributed by atoms with Crippen LogP contribution in [0.25, 0.3) is 5.57 Å². The summed E-state index contributed by atoms with van der Waals surface area (Å²) in [5.41, 5.74) is 1.80. The lowest BCUT2D eigenvalue weighted by molar-refractivity contribution is -0.148. The van der Waals surface area contributed by atoms with E-state index >= 15 is 0 Å². The maximum absolute atomic E-state index is 13.4. The average molecular weight is 278 g/mol. The van der Waals surface area contributed by atoms with Gasteiger partial charge in [-0.25, -0.2) is 4.39 Å². The zero-order chi connectivity index (χ0) is 14.5. The van der Waals surface area contributed by atoms with Gasteiger partial charge >= 0.3 is 5.97 Å². The number of ether oxygens (including phenoxy) is 2. The Morgan fingerprint density at radius 1 is 1.45 bits per heavy atom. The fourth-order valence-corrected chi connectivity index (χ4v) is 2.48. The molecule has 0 heterocycles. The molecular formula is C16H19FO3. The minimum Gasteiger partial charge on any atom is -0.496 e. The third-order valence-corrected chi connectivity index (χ3v) is 3.54. The molecule has 0 saturated carbocycles. The van der Waals surface area contributed by atoms with Gasteiger partial charge in [-0.15, -0.1) is 0 Å². The Morgan fingerprint density at radius 3 is 2.85 bits per heavy atom. The van der Waals surface area contributed by atoms with Crippen LogP contribution in [-0.4, -0.2) is 19.7 Å². The third kappa shape index (κ3) is 3.18. The first kappa shape index (κ1) is 14.6. The van der Waals surface area contributed by atoms with Crippen LogP contribution in [0.3, 0.4) is 0 Å². The van der Waals surface area contributed by atoms with E-state index < -0.39 is 0 Å². The van der Waals surface area contributed by atoms with E-state index in [1.807, 2.05) is 6.08 Å². The van der Waals surface area contributed by atoms with Crippen molar-refractivity contribution in [3.8, 4) is 5.75 Å². The molecule has 2 rings (SSSR count). The van der Waals surface area contributed by atoms with E-state index in [0.29, 0.717) is 18.8 Å². The lowest BCUT2D eigenvalue weighted by Crippen LogP contribution is -2.19.